The molecule has 5 nitrogen and oxygen atoms in total. The van der Waals surface area contributed by atoms with Crippen molar-refractivity contribution < 1.29 is 14.2 Å². The van der Waals surface area contributed by atoms with E-state index < -0.39 is 0 Å². The standard InChI is InChI=1S/C14H22N2O3/c1-16(11-7-15-8-11)9-10-5-13(18-3)14(19-4)6-12(10)17-2/h5-6,11,15H,7-9H2,1-4H3. The van der Waals surface area contributed by atoms with Crippen LogP contribution in [-0.2, 0) is 6.54 Å². The number of nitrogens with zero attached hydrogens (tertiary/aromatic N) is 1. The Morgan fingerprint density at radius 1 is 1.05 bits per heavy atom. The van der Waals surface area contributed by atoms with E-state index in [1.165, 1.54) is 0 Å². The number of nitrogens with one attached hydrogen (secondary N) is 1. The van der Waals surface area contributed by atoms with Crippen molar-refractivity contribution in [1.29, 1.82) is 0 Å². The smallest absolute Gasteiger partial charge is 0.164 e. The predicted molar refractivity (Wildman–Crippen MR) is 74.2 cm³/mol. The second-order valence-electron chi connectivity index (χ2n) is 4.75. The lowest BCUT2D eigenvalue weighted by molar-refractivity contribution is 0.171. The quantitative estimate of drug-likeness (QED) is 0.835. The minimum absolute atomic E-state index is 0.595. The highest BCUT2D eigenvalue weighted by Crippen LogP contribution is 2.35. The van der Waals surface area contributed by atoms with Crippen LogP contribution < -0.4 is 19.5 Å². The van der Waals surface area contributed by atoms with Crippen LogP contribution in [0.1, 0.15) is 5.56 Å². The van der Waals surface area contributed by atoms with E-state index in [9.17, 15) is 0 Å². The molecule has 0 aromatic heterocycles. The summed E-state index contributed by atoms with van der Waals surface area (Å²) < 4.78 is 16.1. The number of hydrogen-bond donors (Lipinski definition) is 1. The van der Waals surface area contributed by atoms with Gasteiger partial charge in [-0.1, -0.05) is 0 Å². The summed E-state index contributed by atoms with van der Waals surface area (Å²) in [4.78, 5) is 2.32. The average molecular weight is 266 g/mol. The zero-order valence-corrected chi connectivity index (χ0v) is 12.0. The summed E-state index contributed by atoms with van der Waals surface area (Å²) in [6, 6.07) is 4.46. The van der Waals surface area contributed by atoms with Gasteiger partial charge >= 0.3 is 0 Å². The lowest BCUT2D eigenvalue weighted by atomic mass is 10.1. The maximum Gasteiger partial charge on any atom is 0.164 e. The molecule has 1 fully saturated rings. The monoisotopic (exact) mass is 266 g/mol. The van der Waals surface area contributed by atoms with Gasteiger partial charge in [0.2, 0.25) is 0 Å². The Morgan fingerprint density at radius 2 is 1.63 bits per heavy atom. The van der Waals surface area contributed by atoms with E-state index in [1.807, 2.05) is 12.1 Å². The summed E-state index contributed by atoms with van der Waals surface area (Å²) in [5.74, 6) is 2.26. The Morgan fingerprint density at radius 3 is 2.11 bits per heavy atom. The normalized spacial score (nSPS) is 15.2. The van der Waals surface area contributed by atoms with Crippen LogP contribution in [0.25, 0.3) is 0 Å². The third-order valence-electron chi connectivity index (χ3n) is 3.59. The third-order valence-corrected chi connectivity index (χ3v) is 3.59. The molecule has 0 atom stereocenters. The summed E-state index contributed by atoms with van der Waals surface area (Å²) in [6.07, 6.45) is 0. The largest absolute Gasteiger partial charge is 0.496 e. The fraction of sp³-hybridized carbons (Fsp3) is 0.571. The van der Waals surface area contributed by atoms with Crippen molar-refractivity contribution in [2.24, 2.45) is 0 Å². The van der Waals surface area contributed by atoms with Crippen molar-refractivity contribution in [3.63, 3.8) is 0 Å². The molecule has 19 heavy (non-hydrogen) atoms. The Kier molecular flexibility index (Phi) is 4.50. The first-order valence-electron chi connectivity index (χ1n) is 6.39. The van der Waals surface area contributed by atoms with Crippen LogP contribution >= 0.6 is 0 Å². The molecular formula is C14H22N2O3. The van der Waals surface area contributed by atoms with E-state index in [1.54, 1.807) is 21.3 Å². The lowest BCUT2D eigenvalue weighted by Crippen LogP contribution is -2.55. The van der Waals surface area contributed by atoms with Crippen molar-refractivity contribution in [1.82, 2.24) is 10.2 Å². The number of ether oxygens (including phenoxy) is 3. The SMILES string of the molecule is COc1cc(OC)c(OC)cc1CN(C)C1CNC1. The summed E-state index contributed by atoms with van der Waals surface area (Å²) >= 11 is 0. The highest BCUT2D eigenvalue weighted by molar-refractivity contribution is 5.50. The Bertz CT molecular complexity index is 433. The number of benzene rings is 1. The van der Waals surface area contributed by atoms with Crippen LogP contribution in [0.15, 0.2) is 12.1 Å². The van der Waals surface area contributed by atoms with Crippen LogP contribution in [0, 0.1) is 0 Å². The predicted octanol–water partition coefficient (Wildman–Crippen LogP) is 1.12. The molecule has 1 aliphatic rings. The van der Waals surface area contributed by atoms with Crippen LogP contribution in [0.3, 0.4) is 0 Å². The minimum Gasteiger partial charge on any atom is -0.496 e. The molecule has 1 N–H and O–H groups in total. The molecule has 0 unspecified atom stereocenters. The maximum absolute atomic E-state index is 5.44. The summed E-state index contributed by atoms with van der Waals surface area (Å²) in [7, 11) is 7.08. The first kappa shape index (κ1) is 14.0. The molecule has 0 radical (unpaired) electrons. The van der Waals surface area contributed by atoms with E-state index in [-0.39, 0.29) is 0 Å². The number of likely N-dealkylation sites (N-methyl/N-ethyl adjacent to an activating group) is 1. The summed E-state index contributed by atoms with van der Waals surface area (Å²) in [5, 5.41) is 3.28. The maximum atomic E-state index is 5.44. The number of rotatable bonds is 6. The van der Waals surface area contributed by atoms with Crippen LogP contribution in [0.5, 0.6) is 17.2 Å². The van der Waals surface area contributed by atoms with Crippen molar-refractivity contribution in [3.05, 3.63) is 17.7 Å². The Hall–Kier alpha value is -1.46. The Balaban J connectivity index is 2.21. The number of hydrogen-bond acceptors (Lipinski definition) is 5. The second-order valence-corrected chi connectivity index (χ2v) is 4.75. The molecule has 1 heterocycles. The van der Waals surface area contributed by atoms with Gasteiger partial charge in [-0.15, -0.1) is 0 Å². The van der Waals surface area contributed by atoms with Gasteiger partial charge in [0, 0.05) is 37.3 Å². The van der Waals surface area contributed by atoms with Crippen molar-refractivity contribution >= 4 is 0 Å². The van der Waals surface area contributed by atoms with Crippen LogP contribution in [0.2, 0.25) is 0 Å². The molecule has 2 rings (SSSR count). The van der Waals surface area contributed by atoms with Crippen molar-refractivity contribution in [3.8, 4) is 17.2 Å². The van der Waals surface area contributed by atoms with Gasteiger partial charge in [0.25, 0.3) is 0 Å². The van der Waals surface area contributed by atoms with Gasteiger partial charge in [-0.25, -0.2) is 0 Å². The van der Waals surface area contributed by atoms with Gasteiger partial charge in [-0.3, -0.25) is 4.90 Å². The van der Waals surface area contributed by atoms with E-state index in [4.69, 9.17) is 14.2 Å². The zero-order chi connectivity index (χ0) is 13.8. The highest BCUT2D eigenvalue weighted by Gasteiger charge is 2.23. The molecule has 1 aromatic carbocycles. The van der Waals surface area contributed by atoms with Crippen LogP contribution in [-0.4, -0.2) is 52.4 Å². The molecular weight excluding hydrogens is 244 g/mol. The van der Waals surface area contributed by atoms with E-state index in [0.717, 1.165) is 36.7 Å². The topological polar surface area (TPSA) is 43.0 Å². The molecule has 1 saturated heterocycles. The highest BCUT2D eigenvalue weighted by atomic mass is 16.5. The molecule has 0 bridgehead atoms. The van der Waals surface area contributed by atoms with Gasteiger partial charge in [0.15, 0.2) is 11.5 Å². The zero-order valence-electron chi connectivity index (χ0n) is 12.0. The summed E-state index contributed by atoms with van der Waals surface area (Å²) in [5.41, 5.74) is 1.11. The van der Waals surface area contributed by atoms with E-state index in [0.29, 0.717) is 11.8 Å². The first-order chi connectivity index (χ1) is 9.19. The number of methoxy groups -OCH3 is 3. The molecule has 0 aliphatic carbocycles. The molecule has 106 valence electrons. The molecule has 0 amide bonds. The van der Waals surface area contributed by atoms with Gasteiger partial charge in [-0.05, 0) is 13.1 Å². The van der Waals surface area contributed by atoms with Crippen LogP contribution in [0.4, 0.5) is 0 Å². The molecule has 5 heteroatoms. The third kappa shape index (κ3) is 2.93. The minimum atomic E-state index is 0.595. The fourth-order valence-electron chi connectivity index (χ4n) is 2.20. The summed E-state index contributed by atoms with van der Waals surface area (Å²) in [6.45, 7) is 2.92. The van der Waals surface area contributed by atoms with Crippen molar-refractivity contribution in [2.75, 3.05) is 41.5 Å². The van der Waals surface area contributed by atoms with E-state index in [2.05, 4.69) is 17.3 Å². The molecule has 0 spiro atoms. The fourth-order valence-corrected chi connectivity index (χ4v) is 2.20. The van der Waals surface area contributed by atoms with Crippen molar-refractivity contribution in [2.45, 2.75) is 12.6 Å². The van der Waals surface area contributed by atoms with Gasteiger partial charge < -0.3 is 19.5 Å². The van der Waals surface area contributed by atoms with Gasteiger partial charge in [0.05, 0.1) is 21.3 Å². The Labute approximate surface area is 114 Å². The molecule has 1 aromatic rings. The van der Waals surface area contributed by atoms with Gasteiger partial charge in [0.1, 0.15) is 5.75 Å². The molecule has 1 aliphatic heterocycles. The second kappa shape index (κ2) is 6.12. The molecule has 0 saturated carbocycles. The van der Waals surface area contributed by atoms with E-state index >= 15 is 0 Å². The average Bonchev–Trinajstić information content (AvgIpc) is 2.36. The first-order valence-corrected chi connectivity index (χ1v) is 6.39. The van der Waals surface area contributed by atoms with Gasteiger partial charge in [-0.2, -0.15) is 0 Å². The lowest BCUT2D eigenvalue weighted by Gasteiger charge is -2.35.